The van der Waals surface area contributed by atoms with Crippen LogP contribution in [0.25, 0.3) is 0 Å². The predicted molar refractivity (Wildman–Crippen MR) is 72.1 cm³/mol. The minimum Gasteiger partial charge on any atom is -0.481 e. The summed E-state index contributed by atoms with van der Waals surface area (Å²) in [4.78, 5) is 11.0. The Morgan fingerprint density at radius 1 is 1.06 bits per heavy atom. The lowest BCUT2D eigenvalue weighted by Gasteiger charge is -2.11. The van der Waals surface area contributed by atoms with Crippen molar-refractivity contribution in [1.29, 1.82) is 0 Å². The van der Waals surface area contributed by atoms with Gasteiger partial charge < -0.3 is 5.11 Å². The fraction of sp³-hybridized carbons (Fsp3) is 0.923. The van der Waals surface area contributed by atoms with E-state index >= 15 is 0 Å². The maximum absolute atomic E-state index is 11.0. The van der Waals surface area contributed by atoms with Gasteiger partial charge >= 0.3 is 5.97 Å². The molecular weight excluding hydrogens is 268 g/mol. The summed E-state index contributed by atoms with van der Waals surface area (Å²) in [5.74, 6) is -0.702. The normalized spacial score (nSPS) is 12.6. The van der Waals surface area contributed by atoms with E-state index in [1.165, 1.54) is 19.3 Å². The van der Waals surface area contributed by atoms with E-state index < -0.39 is 5.97 Å². The van der Waals surface area contributed by atoms with Crippen LogP contribution in [0, 0.1) is 5.92 Å². The summed E-state index contributed by atoms with van der Waals surface area (Å²) in [7, 11) is 0. The molecule has 0 bridgehead atoms. The van der Waals surface area contributed by atoms with Gasteiger partial charge in [-0.05, 0) is 19.3 Å². The second-order valence-electron chi connectivity index (χ2n) is 4.42. The van der Waals surface area contributed by atoms with Crippen LogP contribution in [0.15, 0.2) is 0 Å². The van der Waals surface area contributed by atoms with Gasteiger partial charge in [0, 0.05) is 5.33 Å². The van der Waals surface area contributed by atoms with Crippen LogP contribution in [-0.4, -0.2) is 16.4 Å². The second-order valence-corrected chi connectivity index (χ2v) is 5.22. The highest BCUT2D eigenvalue weighted by molar-refractivity contribution is 9.09. The Balaban J connectivity index is 3.56. The molecule has 0 aromatic rings. The van der Waals surface area contributed by atoms with Gasteiger partial charge in [0.25, 0.3) is 0 Å². The number of hydrogen-bond donors (Lipinski definition) is 1. The van der Waals surface area contributed by atoms with Crippen molar-refractivity contribution in [1.82, 2.24) is 0 Å². The quantitative estimate of drug-likeness (QED) is 0.446. The van der Waals surface area contributed by atoms with Gasteiger partial charge in [0.05, 0.1) is 5.92 Å². The van der Waals surface area contributed by atoms with Crippen molar-refractivity contribution < 1.29 is 9.90 Å². The molecule has 0 spiro atoms. The number of carbonyl (C=O) groups is 1. The number of hydrogen-bond acceptors (Lipinski definition) is 1. The number of rotatable bonds is 11. The zero-order valence-corrected chi connectivity index (χ0v) is 12.0. The molecule has 1 N–H and O–H groups in total. The van der Waals surface area contributed by atoms with Gasteiger partial charge in [-0.1, -0.05) is 61.4 Å². The Kier molecular flexibility index (Phi) is 11.4. The van der Waals surface area contributed by atoms with E-state index in [9.17, 15) is 4.79 Å². The Morgan fingerprint density at radius 2 is 1.62 bits per heavy atom. The Bertz CT molecular complexity index is 171. The zero-order valence-electron chi connectivity index (χ0n) is 10.4. The van der Waals surface area contributed by atoms with Crippen LogP contribution >= 0.6 is 15.9 Å². The second kappa shape index (κ2) is 11.4. The fourth-order valence-electron chi connectivity index (χ4n) is 1.87. The summed E-state index contributed by atoms with van der Waals surface area (Å²) < 4.78 is 0. The Labute approximate surface area is 108 Å². The number of aliphatic carboxylic acids is 1. The highest BCUT2D eigenvalue weighted by Gasteiger charge is 2.15. The molecule has 96 valence electrons. The van der Waals surface area contributed by atoms with E-state index in [0.717, 1.165) is 43.9 Å². The molecule has 2 nitrogen and oxygen atoms in total. The molecule has 0 amide bonds. The third-order valence-electron chi connectivity index (χ3n) is 2.94. The first-order valence-corrected chi connectivity index (χ1v) is 7.63. The molecule has 0 rings (SSSR count). The zero-order chi connectivity index (χ0) is 12.2. The van der Waals surface area contributed by atoms with Crippen molar-refractivity contribution in [2.45, 2.75) is 64.7 Å². The smallest absolute Gasteiger partial charge is 0.306 e. The van der Waals surface area contributed by atoms with Crippen molar-refractivity contribution in [2.24, 2.45) is 5.92 Å². The lowest BCUT2D eigenvalue weighted by molar-refractivity contribution is -0.142. The van der Waals surface area contributed by atoms with Gasteiger partial charge in [-0.25, -0.2) is 0 Å². The minimum absolute atomic E-state index is 0.101. The van der Waals surface area contributed by atoms with Gasteiger partial charge in [0.15, 0.2) is 0 Å². The van der Waals surface area contributed by atoms with Crippen LogP contribution in [0.2, 0.25) is 0 Å². The molecule has 0 aromatic heterocycles. The van der Waals surface area contributed by atoms with Gasteiger partial charge in [0.1, 0.15) is 0 Å². The van der Waals surface area contributed by atoms with Crippen LogP contribution < -0.4 is 0 Å². The van der Waals surface area contributed by atoms with E-state index in [0.29, 0.717) is 0 Å². The molecule has 0 radical (unpaired) electrons. The van der Waals surface area contributed by atoms with Crippen molar-refractivity contribution in [3.8, 4) is 0 Å². The molecule has 0 aliphatic rings. The summed E-state index contributed by atoms with van der Waals surface area (Å²) in [5.41, 5.74) is 0. The lowest BCUT2D eigenvalue weighted by atomic mass is 9.95. The largest absolute Gasteiger partial charge is 0.481 e. The monoisotopic (exact) mass is 292 g/mol. The lowest BCUT2D eigenvalue weighted by Crippen LogP contribution is -2.13. The highest BCUT2D eigenvalue weighted by Crippen LogP contribution is 2.18. The van der Waals surface area contributed by atoms with E-state index in [4.69, 9.17) is 5.11 Å². The average molecular weight is 293 g/mol. The molecule has 0 saturated carbocycles. The average Bonchev–Trinajstić information content (AvgIpc) is 2.26. The van der Waals surface area contributed by atoms with Crippen molar-refractivity contribution in [2.75, 3.05) is 5.33 Å². The van der Waals surface area contributed by atoms with Crippen LogP contribution in [0.5, 0.6) is 0 Å². The van der Waals surface area contributed by atoms with E-state index in [-0.39, 0.29) is 5.92 Å². The topological polar surface area (TPSA) is 37.3 Å². The summed E-state index contributed by atoms with van der Waals surface area (Å²) in [5, 5.41) is 10.1. The Morgan fingerprint density at radius 3 is 2.12 bits per heavy atom. The van der Waals surface area contributed by atoms with Crippen LogP contribution in [0.4, 0.5) is 0 Å². The molecule has 0 aromatic carbocycles. The number of unbranched alkanes of at least 4 members (excludes halogenated alkanes) is 5. The van der Waals surface area contributed by atoms with Crippen molar-refractivity contribution in [3.63, 3.8) is 0 Å². The number of alkyl halides is 1. The molecule has 0 aliphatic heterocycles. The summed E-state index contributed by atoms with van der Waals surface area (Å²) in [6.07, 6.45) is 9.77. The predicted octanol–water partition coefficient (Wildman–Crippen LogP) is 4.61. The van der Waals surface area contributed by atoms with Gasteiger partial charge in [-0.2, -0.15) is 0 Å². The third-order valence-corrected chi connectivity index (χ3v) is 3.50. The van der Waals surface area contributed by atoms with E-state index in [1.807, 2.05) is 0 Å². The summed E-state index contributed by atoms with van der Waals surface area (Å²) in [6, 6.07) is 0. The Hall–Kier alpha value is -0.0500. The molecule has 0 saturated heterocycles. The molecule has 0 aliphatic carbocycles. The maximum atomic E-state index is 11.0. The third kappa shape index (κ3) is 9.20. The van der Waals surface area contributed by atoms with Gasteiger partial charge in [-0.3, -0.25) is 4.79 Å². The van der Waals surface area contributed by atoms with Crippen molar-refractivity contribution >= 4 is 21.9 Å². The standard InChI is InChI=1S/C13H25BrO2/c1-2-3-6-9-12(13(15)16)10-7-4-5-8-11-14/h12H,2-11H2,1H3,(H,15,16). The molecule has 0 fully saturated rings. The van der Waals surface area contributed by atoms with Crippen LogP contribution in [0.1, 0.15) is 64.7 Å². The molecule has 1 unspecified atom stereocenters. The number of carboxylic acid groups (broad SMARTS) is 1. The maximum Gasteiger partial charge on any atom is 0.306 e. The fourth-order valence-corrected chi connectivity index (χ4v) is 2.27. The molecule has 1 atom stereocenters. The van der Waals surface area contributed by atoms with E-state index in [1.54, 1.807) is 0 Å². The van der Waals surface area contributed by atoms with Gasteiger partial charge in [-0.15, -0.1) is 0 Å². The molecule has 0 heterocycles. The molecule has 16 heavy (non-hydrogen) atoms. The summed E-state index contributed by atoms with van der Waals surface area (Å²) >= 11 is 3.40. The first-order chi connectivity index (χ1) is 7.72. The van der Waals surface area contributed by atoms with Crippen LogP contribution in [-0.2, 0) is 4.79 Å². The molecule has 3 heteroatoms. The van der Waals surface area contributed by atoms with Gasteiger partial charge in [0.2, 0.25) is 0 Å². The number of carboxylic acids is 1. The van der Waals surface area contributed by atoms with Crippen LogP contribution in [0.3, 0.4) is 0 Å². The highest BCUT2D eigenvalue weighted by atomic mass is 79.9. The number of halogens is 1. The SMILES string of the molecule is CCCCCC(CCCCCCBr)C(=O)O. The minimum atomic E-state index is -0.600. The van der Waals surface area contributed by atoms with Crippen molar-refractivity contribution in [3.05, 3.63) is 0 Å². The van der Waals surface area contributed by atoms with E-state index in [2.05, 4.69) is 22.9 Å². The summed E-state index contributed by atoms with van der Waals surface area (Å²) in [6.45, 7) is 2.15. The first kappa shape index (κ1) is 16.0. The molecular formula is C13H25BrO2. The first-order valence-electron chi connectivity index (χ1n) is 6.51.